The van der Waals surface area contributed by atoms with Gasteiger partial charge in [-0.05, 0) is 30.4 Å². The Bertz CT molecular complexity index is 633. The quantitative estimate of drug-likeness (QED) is 0.479. The van der Waals surface area contributed by atoms with Crippen LogP contribution >= 0.6 is 12.6 Å². The number of nitro groups is 1. The second-order valence-electron chi connectivity index (χ2n) is 4.89. The molecule has 1 heterocycles. The molecule has 0 amide bonds. The lowest BCUT2D eigenvalue weighted by Gasteiger charge is -2.15. The van der Waals surface area contributed by atoms with Crippen LogP contribution in [0.5, 0.6) is 5.75 Å². The molecule has 0 bridgehead atoms. The summed E-state index contributed by atoms with van der Waals surface area (Å²) in [5.74, 6) is 1.77. The van der Waals surface area contributed by atoms with Crippen molar-refractivity contribution in [1.82, 2.24) is 4.98 Å². The van der Waals surface area contributed by atoms with Gasteiger partial charge < -0.3 is 4.74 Å². The van der Waals surface area contributed by atoms with Crippen LogP contribution in [0.1, 0.15) is 19.8 Å². The first-order valence-corrected chi connectivity index (χ1v) is 7.56. The van der Waals surface area contributed by atoms with Crippen molar-refractivity contribution in [3.63, 3.8) is 0 Å². The minimum absolute atomic E-state index is 0.00254. The molecule has 21 heavy (non-hydrogen) atoms. The summed E-state index contributed by atoms with van der Waals surface area (Å²) < 4.78 is 5.85. The number of nitro benzene ring substituents is 1. The van der Waals surface area contributed by atoms with Crippen LogP contribution in [0, 0.1) is 16.0 Å². The van der Waals surface area contributed by atoms with Gasteiger partial charge in [0.15, 0.2) is 5.52 Å². The molecule has 0 radical (unpaired) electrons. The summed E-state index contributed by atoms with van der Waals surface area (Å²) >= 11 is 4.33. The lowest BCUT2D eigenvalue weighted by molar-refractivity contribution is -0.383. The van der Waals surface area contributed by atoms with Crippen LogP contribution in [0.3, 0.4) is 0 Å². The van der Waals surface area contributed by atoms with E-state index in [0.717, 1.165) is 18.6 Å². The van der Waals surface area contributed by atoms with Gasteiger partial charge in [0.2, 0.25) is 0 Å². The number of aromatic nitrogens is 1. The third kappa shape index (κ3) is 3.64. The minimum Gasteiger partial charge on any atom is -0.493 e. The predicted octanol–water partition coefficient (Wildman–Crippen LogP) is 3.87. The average Bonchev–Trinajstić information content (AvgIpc) is 2.50. The molecule has 2 rings (SSSR count). The fraction of sp³-hybridized carbons (Fsp3) is 0.400. The van der Waals surface area contributed by atoms with E-state index in [1.54, 1.807) is 24.4 Å². The lowest BCUT2D eigenvalue weighted by atomic mass is 10.1. The van der Waals surface area contributed by atoms with E-state index in [0.29, 0.717) is 29.2 Å². The standard InChI is InChI=1S/C15H18N2O3S/c1-2-4-11(10-21)9-20-14-7-6-13(17(18)19)15-12(14)5-3-8-16-15/h3,5-8,11,21H,2,4,9-10H2,1H3. The summed E-state index contributed by atoms with van der Waals surface area (Å²) in [7, 11) is 0. The second kappa shape index (κ2) is 7.26. The monoisotopic (exact) mass is 306 g/mol. The predicted molar refractivity (Wildman–Crippen MR) is 86.1 cm³/mol. The zero-order valence-corrected chi connectivity index (χ0v) is 12.8. The molecule has 5 nitrogen and oxygen atoms in total. The van der Waals surface area contributed by atoms with Crippen LogP contribution in [0.2, 0.25) is 0 Å². The van der Waals surface area contributed by atoms with Crippen molar-refractivity contribution in [2.45, 2.75) is 19.8 Å². The summed E-state index contributed by atoms with van der Waals surface area (Å²) in [5.41, 5.74) is 0.357. The average molecular weight is 306 g/mol. The first-order valence-electron chi connectivity index (χ1n) is 6.93. The van der Waals surface area contributed by atoms with E-state index in [2.05, 4.69) is 24.5 Å². The zero-order chi connectivity index (χ0) is 15.2. The fourth-order valence-corrected chi connectivity index (χ4v) is 2.54. The number of non-ortho nitro benzene ring substituents is 1. The Hall–Kier alpha value is -1.82. The smallest absolute Gasteiger partial charge is 0.295 e. The largest absolute Gasteiger partial charge is 0.493 e. The normalized spacial score (nSPS) is 12.3. The third-order valence-electron chi connectivity index (χ3n) is 3.33. The molecule has 1 aromatic carbocycles. The lowest BCUT2D eigenvalue weighted by Crippen LogP contribution is -2.13. The topological polar surface area (TPSA) is 65.3 Å². The number of pyridine rings is 1. The maximum Gasteiger partial charge on any atom is 0.295 e. The highest BCUT2D eigenvalue weighted by Crippen LogP contribution is 2.31. The van der Waals surface area contributed by atoms with Crippen LogP contribution in [0.25, 0.3) is 10.9 Å². The Morgan fingerprint density at radius 2 is 2.24 bits per heavy atom. The number of hydrogen-bond acceptors (Lipinski definition) is 5. The summed E-state index contributed by atoms with van der Waals surface area (Å²) in [6.07, 6.45) is 3.68. The number of ether oxygens (including phenoxy) is 1. The summed E-state index contributed by atoms with van der Waals surface area (Å²) in [5, 5.41) is 11.7. The van der Waals surface area contributed by atoms with Gasteiger partial charge in [0, 0.05) is 23.6 Å². The second-order valence-corrected chi connectivity index (χ2v) is 5.25. The molecule has 0 saturated heterocycles. The third-order valence-corrected chi connectivity index (χ3v) is 3.85. The van der Waals surface area contributed by atoms with E-state index >= 15 is 0 Å². The van der Waals surface area contributed by atoms with Gasteiger partial charge in [0.1, 0.15) is 5.75 Å². The van der Waals surface area contributed by atoms with Gasteiger partial charge in [-0.15, -0.1) is 0 Å². The summed E-state index contributed by atoms with van der Waals surface area (Å²) in [6.45, 7) is 2.68. The molecule has 0 aliphatic carbocycles. The van der Waals surface area contributed by atoms with Crippen molar-refractivity contribution in [2.24, 2.45) is 5.92 Å². The van der Waals surface area contributed by atoms with E-state index in [4.69, 9.17) is 4.74 Å². The molecule has 2 aromatic rings. The van der Waals surface area contributed by atoms with Gasteiger partial charge in [0.05, 0.1) is 11.5 Å². The summed E-state index contributed by atoms with van der Waals surface area (Å²) in [6, 6.07) is 6.63. The van der Waals surface area contributed by atoms with Crippen molar-refractivity contribution < 1.29 is 9.66 Å². The van der Waals surface area contributed by atoms with Gasteiger partial charge >= 0.3 is 0 Å². The van der Waals surface area contributed by atoms with Crippen LogP contribution in [-0.2, 0) is 0 Å². The Labute approximate surface area is 128 Å². The van der Waals surface area contributed by atoms with E-state index in [-0.39, 0.29) is 5.69 Å². The molecule has 0 fully saturated rings. The van der Waals surface area contributed by atoms with Crippen molar-refractivity contribution in [1.29, 1.82) is 0 Å². The molecular weight excluding hydrogens is 288 g/mol. The molecule has 0 N–H and O–H groups in total. The molecule has 1 atom stereocenters. The molecule has 6 heteroatoms. The number of hydrogen-bond donors (Lipinski definition) is 1. The minimum atomic E-state index is -0.424. The molecule has 1 aromatic heterocycles. The Kier molecular flexibility index (Phi) is 5.38. The molecule has 0 saturated carbocycles. The van der Waals surface area contributed by atoms with Gasteiger partial charge in [-0.25, -0.2) is 4.98 Å². The number of fused-ring (bicyclic) bond motifs is 1. The molecular formula is C15H18N2O3S. The first-order chi connectivity index (χ1) is 10.2. The van der Waals surface area contributed by atoms with Gasteiger partial charge in [-0.2, -0.15) is 12.6 Å². The van der Waals surface area contributed by atoms with E-state index < -0.39 is 4.92 Å². The van der Waals surface area contributed by atoms with Crippen molar-refractivity contribution in [3.05, 3.63) is 40.6 Å². The van der Waals surface area contributed by atoms with Gasteiger partial charge in [0.25, 0.3) is 5.69 Å². The van der Waals surface area contributed by atoms with Gasteiger partial charge in [-0.3, -0.25) is 10.1 Å². The number of rotatable bonds is 7. The Balaban J connectivity index is 2.29. The molecule has 0 aliphatic heterocycles. The highest BCUT2D eigenvalue weighted by molar-refractivity contribution is 7.80. The van der Waals surface area contributed by atoms with Gasteiger partial charge in [-0.1, -0.05) is 13.3 Å². The van der Waals surface area contributed by atoms with Crippen molar-refractivity contribution >= 4 is 29.2 Å². The van der Waals surface area contributed by atoms with Crippen LogP contribution in [0.4, 0.5) is 5.69 Å². The van der Waals surface area contributed by atoms with Crippen LogP contribution in [-0.4, -0.2) is 22.3 Å². The maximum absolute atomic E-state index is 11.0. The number of benzene rings is 1. The van der Waals surface area contributed by atoms with E-state index in [9.17, 15) is 10.1 Å². The zero-order valence-electron chi connectivity index (χ0n) is 11.9. The SMILES string of the molecule is CCCC(CS)COc1ccc([N+](=O)[O-])c2ncccc12. The van der Waals surface area contributed by atoms with Crippen molar-refractivity contribution in [3.8, 4) is 5.75 Å². The van der Waals surface area contributed by atoms with Crippen molar-refractivity contribution in [2.75, 3.05) is 12.4 Å². The maximum atomic E-state index is 11.0. The molecule has 112 valence electrons. The summed E-state index contributed by atoms with van der Waals surface area (Å²) in [4.78, 5) is 14.7. The molecule has 1 unspecified atom stereocenters. The number of nitrogens with zero attached hydrogens (tertiary/aromatic N) is 2. The molecule has 0 aliphatic rings. The first kappa shape index (κ1) is 15.6. The van der Waals surface area contributed by atoms with Crippen LogP contribution < -0.4 is 4.74 Å². The van der Waals surface area contributed by atoms with E-state index in [1.165, 1.54) is 6.07 Å². The fourth-order valence-electron chi connectivity index (χ4n) is 2.25. The molecule has 0 spiro atoms. The highest BCUT2D eigenvalue weighted by atomic mass is 32.1. The Morgan fingerprint density at radius 3 is 2.90 bits per heavy atom. The highest BCUT2D eigenvalue weighted by Gasteiger charge is 2.16. The van der Waals surface area contributed by atoms with E-state index in [1.807, 2.05) is 0 Å². The van der Waals surface area contributed by atoms with Crippen LogP contribution in [0.15, 0.2) is 30.5 Å². The Morgan fingerprint density at radius 1 is 1.43 bits per heavy atom. The number of thiol groups is 1.